The zero-order chi connectivity index (χ0) is 21.3. The summed E-state index contributed by atoms with van der Waals surface area (Å²) in [5, 5.41) is 6.17. The van der Waals surface area contributed by atoms with Gasteiger partial charge >= 0.3 is 6.03 Å². The molecule has 0 aliphatic carbocycles. The minimum atomic E-state index is -0.376. The fraction of sp³-hybridized carbons (Fsp3) is 0.286. The van der Waals surface area contributed by atoms with Crippen LogP contribution in [0.15, 0.2) is 36.4 Å². The summed E-state index contributed by atoms with van der Waals surface area (Å²) in [6.07, 6.45) is 0.223. The second-order valence-corrected chi connectivity index (χ2v) is 8.01. The maximum atomic E-state index is 12.5. The number of anilines is 2. The standard InChI is InChI=1S/C21H22N4O4S/c1-12-5-4-6-17-19(12)23-21(30-17)24-20(27)22-13-9-18(26)25(11-13)14-7-8-15(28-2)16(10-14)29-3/h4-8,10,13H,9,11H2,1-3H3,(H2,22,23,24,27). The van der Waals surface area contributed by atoms with Crippen molar-refractivity contribution in [3.63, 3.8) is 0 Å². The smallest absolute Gasteiger partial charge is 0.321 e. The predicted octanol–water partition coefficient (Wildman–Crippen LogP) is 3.55. The first-order valence-electron chi connectivity index (χ1n) is 9.44. The molecule has 30 heavy (non-hydrogen) atoms. The minimum Gasteiger partial charge on any atom is -0.493 e. The number of carbonyl (C=O) groups is 2. The summed E-state index contributed by atoms with van der Waals surface area (Å²) < 4.78 is 11.6. The number of carbonyl (C=O) groups excluding carboxylic acids is 2. The molecule has 8 nitrogen and oxygen atoms in total. The molecule has 1 aliphatic heterocycles. The lowest BCUT2D eigenvalue weighted by Gasteiger charge is -2.19. The Morgan fingerprint density at radius 1 is 1.20 bits per heavy atom. The van der Waals surface area contributed by atoms with Gasteiger partial charge in [-0.25, -0.2) is 9.78 Å². The van der Waals surface area contributed by atoms with E-state index in [9.17, 15) is 9.59 Å². The first kappa shape index (κ1) is 20.0. The maximum Gasteiger partial charge on any atom is 0.321 e. The number of hydrogen-bond donors (Lipinski definition) is 2. The number of para-hydroxylation sites is 1. The second kappa shape index (κ2) is 8.19. The molecule has 4 rings (SSSR count). The van der Waals surface area contributed by atoms with E-state index in [0.29, 0.717) is 28.9 Å². The Balaban J connectivity index is 1.41. The van der Waals surface area contributed by atoms with Crippen molar-refractivity contribution in [1.29, 1.82) is 0 Å². The van der Waals surface area contributed by atoms with Crippen LogP contribution in [0.3, 0.4) is 0 Å². The normalized spacial score (nSPS) is 16.0. The van der Waals surface area contributed by atoms with Crippen molar-refractivity contribution in [1.82, 2.24) is 10.3 Å². The summed E-state index contributed by atoms with van der Waals surface area (Å²) in [6.45, 7) is 2.36. The highest BCUT2D eigenvalue weighted by molar-refractivity contribution is 7.22. The van der Waals surface area contributed by atoms with Gasteiger partial charge in [0, 0.05) is 24.7 Å². The lowest BCUT2D eigenvalue weighted by molar-refractivity contribution is -0.117. The topological polar surface area (TPSA) is 92.8 Å². The van der Waals surface area contributed by atoms with Crippen molar-refractivity contribution in [2.75, 3.05) is 31.0 Å². The summed E-state index contributed by atoms with van der Waals surface area (Å²) in [6, 6.07) is 10.5. The number of hydrogen-bond acceptors (Lipinski definition) is 6. The molecule has 156 valence electrons. The fourth-order valence-electron chi connectivity index (χ4n) is 3.50. The van der Waals surface area contributed by atoms with E-state index in [0.717, 1.165) is 15.8 Å². The van der Waals surface area contributed by atoms with Crippen molar-refractivity contribution in [2.24, 2.45) is 0 Å². The zero-order valence-corrected chi connectivity index (χ0v) is 17.7. The van der Waals surface area contributed by atoms with Crippen LogP contribution >= 0.6 is 11.3 Å². The van der Waals surface area contributed by atoms with E-state index in [4.69, 9.17) is 9.47 Å². The number of rotatable bonds is 5. The van der Waals surface area contributed by atoms with E-state index in [1.807, 2.05) is 25.1 Å². The molecule has 2 aromatic carbocycles. The molecule has 1 aromatic heterocycles. The van der Waals surface area contributed by atoms with Crippen LogP contribution < -0.4 is 25.0 Å². The van der Waals surface area contributed by atoms with Crippen LogP contribution in [-0.2, 0) is 4.79 Å². The van der Waals surface area contributed by atoms with Crippen LogP contribution in [0.25, 0.3) is 10.2 Å². The second-order valence-electron chi connectivity index (χ2n) is 6.98. The van der Waals surface area contributed by atoms with Gasteiger partial charge in [-0.2, -0.15) is 0 Å². The molecule has 1 aliphatic rings. The third-order valence-electron chi connectivity index (χ3n) is 4.98. The largest absolute Gasteiger partial charge is 0.493 e. The Kier molecular flexibility index (Phi) is 5.45. The Morgan fingerprint density at radius 2 is 2.00 bits per heavy atom. The number of aromatic nitrogens is 1. The lowest BCUT2D eigenvalue weighted by atomic mass is 10.2. The molecule has 1 unspecified atom stereocenters. The average Bonchev–Trinajstić information content (AvgIpc) is 3.30. The van der Waals surface area contributed by atoms with Crippen LogP contribution in [0.2, 0.25) is 0 Å². The number of aryl methyl sites for hydroxylation is 1. The first-order chi connectivity index (χ1) is 14.5. The number of fused-ring (bicyclic) bond motifs is 1. The number of amides is 3. The number of thiazole rings is 1. The molecular weight excluding hydrogens is 404 g/mol. The first-order valence-corrected chi connectivity index (χ1v) is 10.3. The summed E-state index contributed by atoms with van der Waals surface area (Å²) in [5.41, 5.74) is 2.64. The van der Waals surface area contributed by atoms with E-state index < -0.39 is 0 Å². The molecule has 0 saturated carbocycles. The van der Waals surface area contributed by atoms with E-state index in [2.05, 4.69) is 15.6 Å². The molecule has 1 fully saturated rings. The third-order valence-corrected chi connectivity index (χ3v) is 5.92. The van der Waals surface area contributed by atoms with Gasteiger partial charge in [0.1, 0.15) is 0 Å². The average molecular weight is 426 g/mol. The van der Waals surface area contributed by atoms with Crippen LogP contribution in [0.4, 0.5) is 15.6 Å². The van der Waals surface area contributed by atoms with Gasteiger partial charge in [0.25, 0.3) is 0 Å². The van der Waals surface area contributed by atoms with Gasteiger partial charge in [-0.3, -0.25) is 10.1 Å². The molecule has 3 amide bonds. The van der Waals surface area contributed by atoms with Crippen molar-refractivity contribution < 1.29 is 19.1 Å². The van der Waals surface area contributed by atoms with Crippen molar-refractivity contribution >= 4 is 44.3 Å². The molecule has 3 aromatic rings. The van der Waals surface area contributed by atoms with Gasteiger partial charge in [-0.05, 0) is 30.7 Å². The minimum absolute atomic E-state index is 0.0665. The van der Waals surface area contributed by atoms with Gasteiger partial charge in [0.05, 0.1) is 30.5 Å². The Morgan fingerprint density at radius 3 is 2.73 bits per heavy atom. The number of nitrogens with zero attached hydrogens (tertiary/aromatic N) is 2. The molecule has 1 atom stereocenters. The zero-order valence-electron chi connectivity index (χ0n) is 16.9. The van der Waals surface area contributed by atoms with Gasteiger partial charge < -0.3 is 19.7 Å². The third kappa shape index (κ3) is 3.88. The summed E-state index contributed by atoms with van der Waals surface area (Å²) >= 11 is 1.42. The van der Waals surface area contributed by atoms with Crippen LogP contribution in [0.5, 0.6) is 11.5 Å². The highest BCUT2D eigenvalue weighted by Gasteiger charge is 2.32. The van der Waals surface area contributed by atoms with Gasteiger partial charge in [-0.1, -0.05) is 23.5 Å². The molecule has 9 heteroatoms. The van der Waals surface area contributed by atoms with E-state index >= 15 is 0 Å². The Labute approximate surface area is 177 Å². The predicted molar refractivity (Wildman–Crippen MR) is 117 cm³/mol. The molecular formula is C21H22N4O4S. The number of urea groups is 1. The molecule has 1 saturated heterocycles. The Hall–Kier alpha value is -3.33. The van der Waals surface area contributed by atoms with Gasteiger partial charge in [0.2, 0.25) is 5.91 Å². The van der Waals surface area contributed by atoms with Crippen LogP contribution in [0.1, 0.15) is 12.0 Å². The summed E-state index contributed by atoms with van der Waals surface area (Å²) in [5.74, 6) is 1.07. The van der Waals surface area contributed by atoms with Crippen LogP contribution in [0, 0.1) is 6.92 Å². The SMILES string of the molecule is COc1ccc(N2CC(NC(=O)Nc3nc4c(C)cccc4s3)CC2=O)cc1OC. The van der Waals surface area contributed by atoms with Crippen molar-refractivity contribution in [2.45, 2.75) is 19.4 Å². The molecule has 2 N–H and O–H groups in total. The number of nitrogens with one attached hydrogen (secondary N) is 2. The van der Waals surface area contributed by atoms with Crippen LogP contribution in [-0.4, -0.2) is 43.7 Å². The maximum absolute atomic E-state index is 12.5. The molecule has 0 bridgehead atoms. The highest BCUT2D eigenvalue weighted by atomic mass is 32.1. The number of benzene rings is 2. The summed E-state index contributed by atoms with van der Waals surface area (Å²) in [4.78, 5) is 31.1. The van der Waals surface area contributed by atoms with Crippen molar-refractivity contribution in [3.05, 3.63) is 42.0 Å². The van der Waals surface area contributed by atoms with Crippen molar-refractivity contribution in [3.8, 4) is 11.5 Å². The molecule has 2 heterocycles. The van der Waals surface area contributed by atoms with E-state index in [1.165, 1.54) is 11.3 Å². The van der Waals surface area contributed by atoms with E-state index in [1.54, 1.807) is 37.3 Å². The number of methoxy groups -OCH3 is 2. The highest BCUT2D eigenvalue weighted by Crippen LogP contribution is 2.33. The van der Waals surface area contributed by atoms with Gasteiger partial charge in [-0.15, -0.1) is 0 Å². The number of ether oxygens (including phenoxy) is 2. The molecule has 0 spiro atoms. The monoisotopic (exact) mass is 426 g/mol. The fourth-order valence-corrected chi connectivity index (χ4v) is 4.44. The lowest BCUT2D eigenvalue weighted by Crippen LogP contribution is -2.39. The Bertz CT molecular complexity index is 1110. The molecule has 0 radical (unpaired) electrons. The summed E-state index contributed by atoms with van der Waals surface area (Å²) in [7, 11) is 3.11. The quantitative estimate of drug-likeness (QED) is 0.651. The van der Waals surface area contributed by atoms with E-state index in [-0.39, 0.29) is 24.4 Å². The van der Waals surface area contributed by atoms with Gasteiger partial charge in [0.15, 0.2) is 16.6 Å².